The summed E-state index contributed by atoms with van der Waals surface area (Å²) < 4.78 is 0. The van der Waals surface area contributed by atoms with Crippen LogP contribution < -0.4 is 10.6 Å². The third-order valence-corrected chi connectivity index (χ3v) is 2.25. The van der Waals surface area contributed by atoms with Crippen molar-refractivity contribution in [1.82, 2.24) is 10.3 Å². The Morgan fingerprint density at radius 3 is 2.56 bits per heavy atom. The van der Waals surface area contributed by atoms with Crippen LogP contribution in [0, 0.1) is 0 Å². The fourth-order valence-electron chi connectivity index (χ4n) is 1.40. The number of hydrogen-bond donors (Lipinski definition) is 3. The number of nitrogens with zero attached hydrogens (tertiary/aromatic N) is 1. The maximum absolute atomic E-state index is 11.7. The molecule has 6 nitrogen and oxygen atoms in total. The smallest absolute Gasteiger partial charge is 0.339 e. The number of rotatable bonds is 5. The van der Waals surface area contributed by atoms with Gasteiger partial charge < -0.3 is 15.7 Å². The van der Waals surface area contributed by atoms with Gasteiger partial charge in [0.2, 0.25) is 5.91 Å². The Kier molecular flexibility index (Phi) is 4.65. The summed E-state index contributed by atoms with van der Waals surface area (Å²) in [4.78, 5) is 26.4. The van der Waals surface area contributed by atoms with Crippen LogP contribution in [0.2, 0.25) is 0 Å². The molecule has 1 atom stereocenters. The van der Waals surface area contributed by atoms with Crippen molar-refractivity contribution in [1.29, 1.82) is 0 Å². The van der Waals surface area contributed by atoms with Crippen LogP contribution in [0.1, 0.15) is 31.1 Å². The fraction of sp³-hybridized carbons (Fsp3) is 0.417. The molecule has 6 heteroatoms. The number of carboxylic acids is 1. The normalized spacial score (nSPS) is 12.0. The summed E-state index contributed by atoms with van der Waals surface area (Å²) in [5, 5.41) is 14.6. The van der Waals surface area contributed by atoms with Gasteiger partial charge in [0.25, 0.3) is 0 Å². The number of carbonyl (C=O) groups excluding carboxylic acids is 1. The van der Waals surface area contributed by atoms with Gasteiger partial charge in [-0.05, 0) is 26.8 Å². The number of aromatic nitrogens is 1. The average Bonchev–Trinajstić information content (AvgIpc) is 2.28. The van der Waals surface area contributed by atoms with Crippen LogP contribution >= 0.6 is 0 Å². The molecule has 1 aromatic rings. The molecular formula is C12H17N3O3. The van der Waals surface area contributed by atoms with Crippen LogP contribution in [-0.4, -0.2) is 34.1 Å². The Morgan fingerprint density at radius 1 is 1.33 bits per heavy atom. The third-order valence-electron chi connectivity index (χ3n) is 2.25. The van der Waals surface area contributed by atoms with Crippen molar-refractivity contribution < 1.29 is 14.7 Å². The largest absolute Gasteiger partial charge is 0.478 e. The number of amides is 1. The lowest BCUT2D eigenvalue weighted by Crippen LogP contribution is -2.41. The zero-order valence-corrected chi connectivity index (χ0v) is 10.6. The van der Waals surface area contributed by atoms with Gasteiger partial charge in [0.05, 0.1) is 5.69 Å². The molecule has 18 heavy (non-hydrogen) atoms. The molecule has 98 valence electrons. The van der Waals surface area contributed by atoms with Crippen molar-refractivity contribution >= 4 is 17.6 Å². The molecule has 0 radical (unpaired) electrons. The first-order valence-electron chi connectivity index (χ1n) is 5.66. The van der Waals surface area contributed by atoms with Gasteiger partial charge in [-0.1, -0.05) is 0 Å². The van der Waals surface area contributed by atoms with Gasteiger partial charge in [-0.15, -0.1) is 0 Å². The second kappa shape index (κ2) is 6.00. The van der Waals surface area contributed by atoms with E-state index >= 15 is 0 Å². The SMILES string of the molecule is CC(C)NC(=O)C(C)Nc1ccncc1C(=O)O. The van der Waals surface area contributed by atoms with E-state index in [1.807, 2.05) is 13.8 Å². The number of nitrogens with one attached hydrogen (secondary N) is 2. The summed E-state index contributed by atoms with van der Waals surface area (Å²) in [7, 11) is 0. The van der Waals surface area contributed by atoms with Crippen LogP contribution in [0.4, 0.5) is 5.69 Å². The lowest BCUT2D eigenvalue weighted by Gasteiger charge is -2.17. The van der Waals surface area contributed by atoms with Gasteiger partial charge in [0.1, 0.15) is 11.6 Å². The van der Waals surface area contributed by atoms with E-state index in [4.69, 9.17) is 5.11 Å². The fourth-order valence-corrected chi connectivity index (χ4v) is 1.40. The topological polar surface area (TPSA) is 91.3 Å². The Morgan fingerprint density at radius 2 is 2.00 bits per heavy atom. The molecular weight excluding hydrogens is 234 g/mol. The van der Waals surface area contributed by atoms with Gasteiger partial charge in [-0.3, -0.25) is 9.78 Å². The number of pyridine rings is 1. The molecule has 0 aliphatic rings. The highest BCUT2D eigenvalue weighted by Gasteiger charge is 2.16. The standard InChI is InChI=1S/C12H17N3O3/c1-7(2)14-11(16)8(3)15-10-4-5-13-6-9(10)12(17)18/h4-8H,1-3H3,(H,13,15)(H,14,16)(H,17,18). The van der Waals surface area contributed by atoms with Crippen LogP contribution in [0.3, 0.4) is 0 Å². The van der Waals surface area contributed by atoms with Gasteiger partial charge in [0.15, 0.2) is 0 Å². The van der Waals surface area contributed by atoms with E-state index in [0.717, 1.165) is 0 Å². The van der Waals surface area contributed by atoms with E-state index in [2.05, 4.69) is 15.6 Å². The molecule has 3 N–H and O–H groups in total. The number of carboxylic acid groups (broad SMARTS) is 1. The summed E-state index contributed by atoms with van der Waals surface area (Å²) in [6.45, 7) is 5.39. The molecule has 1 aromatic heterocycles. The van der Waals surface area contributed by atoms with Crippen LogP contribution in [0.15, 0.2) is 18.5 Å². The Labute approximate surface area is 105 Å². The van der Waals surface area contributed by atoms with E-state index in [-0.39, 0.29) is 17.5 Å². The lowest BCUT2D eigenvalue weighted by molar-refractivity contribution is -0.122. The maximum Gasteiger partial charge on any atom is 0.339 e. The van der Waals surface area contributed by atoms with Crippen LogP contribution in [0.25, 0.3) is 0 Å². The van der Waals surface area contributed by atoms with Gasteiger partial charge in [0, 0.05) is 18.4 Å². The van der Waals surface area contributed by atoms with Crippen molar-refractivity contribution in [3.63, 3.8) is 0 Å². The quantitative estimate of drug-likeness (QED) is 0.729. The molecule has 0 aliphatic heterocycles. The van der Waals surface area contributed by atoms with Crippen LogP contribution in [-0.2, 0) is 4.79 Å². The van der Waals surface area contributed by atoms with E-state index in [9.17, 15) is 9.59 Å². The highest BCUT2D eigenvalue weighted by Crippen LogP contribution is 2.14. The summed E-state index contributed by atoms with van der Waals surface area (Å²) >= 11 is 0. The maximum atomic E-state index is 11.7. The Bertz CT molecular complexity index is 446. The van der Waals surface area contributed by atoms with Crippen molar-refractivity contribution in [3.8, 4) is 0 Å². The van der Waals surface area contributed by atoms with Crippen molar-refractivity contribution in [3.05, 3.63) is 24.0 Å². The van der Waals surface area contributed by atoms with E-state index in [1.165, 1.54) is 18.5 Å². The van der Waals surface area contributed by atoms with E-state index < -0.39 is 12.0 Å². The van der Waals surface area contributed by atoms with Crippen molar-refractivity contribution in [2.45, 2.75) is 32.9 Å². The average molecular weight is 251 g/mol. The first-order chi connectivity index (χ1) is 8.41. The highest BCUT2D eigenvalue weighted by molar-refractivity contribution is 5.95. The summed E-state index contributed by atoms with van der Waals surface area (Å²) in [5.74, 6) is -1.26. The Balaban J connectivity index is 2.78. The Hall–Kier alpha value is -2.11. The molecule has 1 unspecified atom stereocenters. The monoisotopic (exact) mass is 251 g/mol. The van der Waals surface area contributed by atoms with Gasteiger partial charge in [-0.2, -0.15) is 0 Å². The molecule has 0 fully saturated rings. The highest BCUT2D eigenvalue weighted by atomic mass is 16.4. The first kappa shape index (κ1) is 14.0. The number of carbonyl (C=O) groups is 2. The molecule has 0 aromatic carbocycles. The van der Waals surface area contributed by atoms with Gasteiger partial charge >= 0.3 is 5.97 Å². The van der Waals surface area contributed by atoms with E-state index in [1.54, 1.807) is 6.92 Å². The second-order valence-corrected chi connectivity index (χ2v) is 4.26. The molecule has 0 aliphatic carbocycles. The molecule has 0 saturated carbocycles. The molecule has 1 heterocycles. The third kappa shape index (κ3) is 3.73. The summed E-state index contributed by atoms with van der Waals surface area (Å²) in [6, 6.07) is 1.05. The van der Waals surface area contributed by atoms with E-state index in [0.29, 0.717) is 5.69 Å². The molecule has 1 rings (SSSR count). The predicted octanol–water partition coefficient (Wildman–Crippen LogP) is 1.10. The lowest BCUT2D eigenvalue weighted by atomic mass is 10.2. The minimum atomic E-state index is -1.08. The van der Waals surface area contributed by atoms with Gasteiger partial charge in [-0.25, -0.2) is 4.79 Å². The zero-order valence-electron chi connectivity index (χ0n) is 10.6. The second-order valence-electron chi connectivity index (χ2n) is 4.26. The molecule has 1 amide bonds. The summed E-state index contributed by atoms with van der Waals surface area (Å²) in [6.07, 6.45) is 2.72. The number of aromatic carboxylic acids is 1. The van der Waals surface area contributed by atoms with Crippen molar-refractivity contribution in [2.75, 3.05) is 5.32 Å². The molecule has 0 saturated heterocycles. The minimum Gasteiger partial charge on any atom is -0.478 e. The number of anilines is 1. The minimum absolute atomic E-state index is 0.0399. The predicted molar refractivity (Wildman–Crippen MR) is 67.6 cm³/mol. The first-order valence-corrected chi connectivity index (χ1v) is 5.66. The molecule has 0 spiro atoms. The summed E-state index contributed by atoms with van der Waals surface area (Å²) in [5.41, 5.74) is 0.422. The molecule has 0 bridgehead atoms. The van der Waals surface area contributed by atoms with Crippen molar-refractivity contribution in [2.24, 2.45) is 0 Å². The zero-order chi connectivity index (χ0) is 13.7. The number of hydrogen-bond acceptors (Lipinski definition) is 4. The van der Waals surface area contributed by atoms with Crippen LogP contribution in [0.5, 0.6) is 0 Å².